The minimum atomic E-state index is -5.01. The number of halogens is 3. The number of aliphatic hydroxyl groups excluding tert-OH is 2. The third-order valence-corrected chi connectivity index (χ3v) is 6.94. The lowest BCUT2D eigenvalue weighted by Gasteiger charge is -2.20. The minimum absolute atomic E-state index is 0.193. The fraction of sp³-hybridized carbons (Fsp3) is 0.385. The number of alkyl halides is 3. The van der Waals surface area contributed by atoms with Crippen molar-refractivity contribution in [3.05, 3.63) is 53.7 Å². The lowest BCUT2D eigenvalue weighted by Crippen LogP contribution is -2.30. The molecule has 1 saturated carbocycles. The highest BCUT2D eigenvalue weighted by molar-refractivity contribution is 6.02. The monoisotopic (exact) mass is 530 g/mol. The van der Waals surface area contributed by atoms with Gasteiger partial charge in [-0.15, -0.1) is 0 Å². The summed E-state index contributed by atoms with van der Waals surface area (Å²) in [6, 6.07) is 9.75. The van der Waals surface area contributed by atoms with E-state index in [1.54, 1.807) is 43.8 Å². The first-order valence-corrected chi connectivity index (χ1v) is 12.0. The predicted molar refractivity (Wildman–Crippen MR) is 139 cm³/mol. The number of nitrogens with one attached hydrogen (secondary N) is 2. The van der Waals surface area contributed by atoms with Crippen LogP contribution in [0.2, 0.25) is 0 Å². The summed E-state index contributed by atoms with van der Waals surface area (Å²) in [5.74, 6) is -1.31. The summed E-state index contributed by atoms with van der Waals surface area (Å²) >= 11 is 0. The number of anilines is 1. The van der Waals surface area contributed by atoms with E-state index in [0.717, 1.165) is 11.1 Å². The first kappa shape index (κ1) is 27.3. The molecule has 1 fully saturated rings. The van der Waals surface area contributed by atoms with Gasteiger partial charge in [0.05, 0.1) is 23.2 Å². The van der Waals surface area contributed by atoms with Crippen LogP contribution in [0.5, 0.6) is 0 Å². The summed E-state index contributed by atoms with van der Waals surface area (Å²) in [7, 11) is 3.40. The molecule has 0 bridgehead atoms. The number of aliphatic imine (C=N–C) groups is 2. The largest absolute Gasteiger partial charge is 0.471 e. The molecule has 0 radical (unpaired) electrons. The van der Waals surface area contributed by atoms with Crippen LogP contribution in [-0.4, -0.2) is 70.7 Å². The third kappa shape index (κ3) is 5.41. The topological polar surface area (TPSA) is 124 Å². The molecule has 202 valence electrons. The van der Waals surface area contributed by atoms with Gasteiger partial charge < -0.3 is 25.4 Å². The van der Waals surface area contributed by atoms with Crippen LogP contribution >= 0.6 is 0 Å². The van der Waals surface area contributed by atoms with Gasteiger partial charge in [0, 0.05) is 25.7 Å². The average Bonchev–Trinajstić information content (AvgIpc) is 3.43. The number of aliphatic hydroxyl groups is 2. The summed E-state index contributed by atoms with van der Waals surface area (Å²) in [5.41, 5.74) is 2.04. The second kappa shape index (κ2) is 10.9. The van der Waals surface area contributed by atoms with Gasteiger partial charge in [0.1, 0.15) is 23.6 Å². The minimum Gasteiger partial charge on any atom is -0.390 e. The van der Waals surface area contributed by atoms with Crippen LogP contribution in [0.15, 0.2) is 52.6 Å². The van der Waals surface area contributed by atoms with E-state index < -0.39 is 30.3 Å². The highest BCUT2D eigenvalue weighted by atomic mass is 19.4. The summed E-state index contributed by atoms with van der Waals surface area (Å²) in [4.78, 5) is 23.7. The van der Waals surface area contributed by atoms with Crippen molar-refractivity contribution in [1.29, 1.82) is 0 Å². The highest BCUT2D eigenvalue weighted by Gasteiger charge is 2.43. The van der Waals surface area contributed by atoms with Crippen LogP contribution in [-0.2, 0) is 11.2 Å². The Morgan fingerprint density at radius 1 is 1.21 bits per heavy atom. The molecular weight excluding hydrogens is 501 g/mol. The van der Waals surface area contributed by atoms with Crippen molar-refractivity contribution in [3.63, 3.8) is 0 Å². The molecule has 0 spiro atoms. The number of aromatic nitrogens is 2. The smallest absolute Gasteiger partial charge is 0.390 e. The number of amidine groups is 1. The Morgan fingerprint density at radius 3 is 2.61 bits per heavy atom. The van der Waals surface area contributed by atoms with E-state index in [-0.39, 0.29) is 11.7 Å². The van der Waals surface area contributed by atoms with Crippen LogP contribution < -0.4 is 10.6 Å². The summed E-state index contributed by atoms with van der Waals surface area (Å²) in [6.07, 6.45) is -3.54. The van der Waals surface area contributed by atoms with E-state index in [9.17, 15) is 28.2 Å². The number of hydrogen-bond donors (Lipinski definition) is 4. The molecule has 38 heavy (non-hydrogen) atoms. The van der Waals surface area contributed by atoms with Crippen LogP contribution in [0, 0.1) is 5.92 Å². The zero-order chi connectivity index (χ0) is 27.6. The van der Waals surface area contributed by atoms with E-state index >= 15 is 0 Å². The number of rotatable bonds is 7. The second-order valence-electron chi connectivity index (χ2n) is 9.20. The molecule has 4 atom stereocenters. The number of pyridine rings is 1. The molecule has 1 aliphatic carbocycles. The number of fused-ring (bicyclic) bond motifs is 1. The van der Waals surface area contributed by atoms with Gasteiger partial charge in [0.25, 0.3) is 0 Å². The van der Waals surface area contributed by atoms with Gasteiger partial charge >= 0.3 is 12.1 Å². The molecule has 1 aliphatic rings. The predicted octanol–water partition coefficient (Wildman–Crippen LogP) is 3.38. The van der Waals surface area contributed by atoms with Gasteiger partial charge in [-0.3, -0.25) is 9.79 Å². The number of benzene rings is 1. The van der Waals surface area contributed by atoms with E-state index in [0.29, 0.717) is 41.8 Å². The number of aryl methyl sites for hydroxylation is 1. The Bertz CT molecular complexity index is 1370. The molecule has 4 rings (SSSR count). The summed E-state index contributed by atoms with van der Waals surface area (Å²) < 4.78 is 39.5. The first-order chi connectivity index (χ1) is 18.1. The number of nitrogens with zero attached hydrogens (tertiary/aromatic N) is 4. The number of carbonyl (C=O) groups excluding carboxylic acids is 1. The fourth-order valence-electron chi connectivity index (χ4n) is 5.01. The van der Waals surface area contributed by atoms with Crippen molar-refractivity contribution < 1.29 is 28.2 Å². The Labute approximate surface area is 217 Å². The molecule has 9 nitrogen and oxygen atoms in total. The molecule has 2 heterocycles. The Morgan fingerprint density at radius 2 is 1.95 bits per heavy atom. The molecule has 1 amide bonds. The first-order valence-electron chi connectivity index (χ1n) is 12.0. The highest BCUT2D eigenvalue weighted by Crippen LogP contribution is 2.41. The van der Waals surface area contributed by atoms with Crippen molar-refractivity contribution in [1.82, 2.24) is 14.9 Å². The van der Waals surface area contributed by atoms with Gasteiger partial charge in [0.2, 0.25) is 0 Å². The second-order valence-corrected chi connectivity index (χ2v) is 9.20. The third-order valence-electron chi connectivity index (χ3n) is 6.94. The molecule has 2 aromatic heterocycles. The lowest BCUT2D eigenvalue weighted by molar-refractivity contribution is -0.167. The van der Waals surface area contributed by atoms with Crippen molar-refractivity contribution in [2.75, 3.05) is 19.4 Å². The van der Waals surface area contributed by atoms with E-state index in [1.165, 1.54) is 6.07 Å². The van der Waals surface area contributed by atoms with Gasteiger partial charge in [-0.05, 0) is 61.7 Å². The summed E-state index contributed by atoms with van der Waals surface area (Å²) in [6.45, 7) is 3.66. The maximum atomic E-state index is 12.6. The molecule has 0 aliphatic heterocycles. The van der Waals surface area contributed by atoms with Gasteiger partial charge in [-0.25, -0.2) is 9.98 Å². The Kier molecular flexibility index (Phi) is 7.83. The maximum absolute atomic E-state index is 12.6. The van der Waals surface area contributed by atoms with Crippen LogP contribution in [0.25, 0.3) is 10.9 Å². The van der Waals surface area contributed by atoms with Gasteiger partial charge in [-0.1, -0.05) is 12.1 Å². The maximum Gasteiger partial charge on any atom is 0.471 e. The number of amides is 1. The summed E-state index contributed by atoms with van der Waals surface area (Å²) in [5, 5.41) is 27.1. The molecular formula is C26H29F3N6O3. The molecule has 12 heteroatoms. The van der Waals surface area contributed by atoms with Crippen molar-refractivity contribution >= 4 is 41.0 Å². The fourth-order valence-corrected chi connectivity index (χ4v) is 5.01. The number of hydrogen-bond acceptors (Lipinski definition) is 6. The Hall–Kier alpha value is -3.77. The van der Waals surface area contributed by atoms with Crippen LogP contribution in [0.4, 0.5) is 24.8 Å². The molecule has 1 aromatic carbocycles. The van der Waals surface area contributed by atoms with E-state index in [2.05, 4.69) is 27.0 Å². The average molecular weight is 531 g/mol. The lowest BCUT2D eigenvalue weighted by atomic mass is 9.95. The van der Waals surface area contributed by atoms with Gasteiger partial charge in [-0.2, -0.15) is 13.2 Å². The standard InChI is InChI=1S/C26H29F3N6O3/c1-30-23(31-2)17-10-11-35(24(17)32-3)19-13-16(21(36)22(19)37)7-5-14-4-6-15-8-9-20(33-18(15)12-14)34-25(38)26(27,28)29/h4,6,8-12,16,19,21-22,36-37H,3,5,7,13H2,1-2H3,(H,30,31)(H,33,34,38)/t16-,19+,21+,22-/m0/s1. The molecule has 4 N–H and O–H groups in total. The van der Waals surface area contributed by atoms with Crippen molar-refractivity contribution in [2.24, 2.45) is 15.9 Å². The van der Waals surface area contributed by atoms with Gasteiger partial charge in [0.15, 0.2) is 0 Å². The van der Waals surface area contributed by atoms with Crippen LogP contribution in [0.3, 0.4) is 0 Å². The normalized spacial score (nSPS) is 22.0. The molecule has 0 unspecified atom stereocenters. The van der Waals surface area contributed by atoms with Crippen molar-refractivity contribution in [3.8, 4) is 0 Å². The Balaban J connectivity index is 1.48. The van der Waals surface area contributed by atoms with E-state index in [1.807, 2.05) is 16.7 Å². The van der Waals surface area contributed by atoms with Crippen molar-refractivity contribution in [2.45, 2.75) is 43.7 Å². The van der Waals surface area contributed by atoms with Crippen LogP contribution in [0.1, 0.15) is 30.0 Å². The zero-order valence-corrected chi connectivity index (χ0v) is 20.9. The SMILES string of the molecule is C=Nc1c(C(=NC)NC)ccn1[C@@H]1C[C@H](CCc2ccc3ccc(NC(=O)C(F)(F)F)nc3c2)[C@@H](O)[C@H]1O. The zero-order valence-electron chi connectivity index (χ0n) is 20.9. The molecule has 3 aromatic rings. The van der Waals surface area contributed by atoms with E-state index in [4.69, 9.17) is 0 Å². The quantitative estimate of drug-likeness (QED) is 0.276. The number of carbonyl (C=O) groups is 1. The molecule has 0 saturated heterocycles.